The molecule has 1 N–H and O–H groups in total. The first-order valence-corrected chi connectivity index (χ1v) is 7.54. The van der Waals surface area contributed by atoms with Gasteiger partial charge in [0.15, 0.2) is 4.77 Å². The molecule has 2 rings (SSSR count). The van der Waals surface area contributed by atoms with E-state index in [9.17, 15) is 0 Å². The Labute approximate surface area is 125 Å². The monoisotopic (exact) mass is 316 g/mol. The number of benzene rings is 1. The SMILES string of the molecule is C#CCSCCn1c(=S)[nH]c2cc(Cl)c(Cl)cc21. The number of hydrogen-bond acceptors (Lipinski definition) is 2. The van der Waals surface area contributed by atoms with Crippen molar-refractivity contribution in [1.82, 2.24) is 9.55 Å². The highest BCUT2D eigenvalue weighted by Crippen LogP contribution is 2.27. The summed E-state index contributed by atoms with van der Waals surface area (Å²) >= 11 is 19.0. The van der Waals surface area contributed by atoms with Gasteiger partial charge in [0, 0.05) is 12.3 Å². The van der Waals surface area contributed by atoms with Gasteiger partial charge >= 0.3 is 0 Å². The average Bonchev–Trinajstić information content (AvgIpc) is 2.62. The maximum absolute atomic E-state index is 6.03. The van der Waals surface area contributed by atoms with Crippen LogP contribution < -0.4 is 0 Å². The van der Waals surface area contributed by atoms with Crippen LogP contribution in [0.15, 0.2) is 12.1 Å². The van der Waals surface area contributed by atoms with Gasteiger partial charge in [-0.1, -0.05) is 29.1 Å². The van der Waals surface area contributed by atoms with Crippen molar-refractivity contribution in [2.75, 3.05) is 11.5 Å². The zero-order valence-electron chi connectivity index (χ0n) is 9.37. The molecule has 94 valence electrons. The van der Waals surface area contributed by atoms with E-state index in [2.05, 4.69) is 10.9 Å². The van der Waals surface area contributed by atoms with Crippen LogP contribution in [-0.2, 0) is 6.54 Å². The van der Waals surface area contributed by atoms with Crippen molar-refractivity contribution < 1.29 is 0 Å². The Hall–Kier alpha value is -0.600. The normalized spacial score (nSPS) is 10.7. The van der Waals surface area contributed by atoms with Crippen molar-refractivity contribution in [3.63, 3.8) is 0 Å². The molecule has 2 nitrogen and oxygen atoms in total. The number of hydrogen-bond donors (Lipinski definition) is 1. The zero-order valence-corrected chi connectivity index (χ0v) is 12.5. The fourth-order valence-electron chi connectivity index (χ4n) is 1.66. The van der Waals surface area contributed by atoms with Gasteiger partial charge in [-0.25, -0.2) is 0 Å². The minimum Gasteiger partial charge on any atom is -0.331 e. The van der Waals surface area contributed by atoms with E-state index in [4.69, 9.17) is 41.8 Å². The van der Waals surface area contributed by atoms with Gasteiger partial charge in [-0.05, 0) is 24.4 Å². The number of thioether (sulfide) groups is 1. The quantitative estimate of drug-likeness (QED) is 0.513. The van der Waals surface area contributed by atoms with Gasteiger partial charge in [0.05, 0.1) is 26.8 Å². The Morgan fingerprint density at radius 2 is 2.11 bits per heavy atom. The summed E-state index contributed by atoms with van der Waals surface area (Å²) in [6, 6.07) is 3.62. The second-order valence-electron chi connectivity index (χ2n) is 3.62. The highest BCUT2D eigenvalue weighted by atomic mass is 35.5. The first-order valence-electron chi connectivity index (χ1n) is 5.22. The molecule has 0 spiro atoms. The highest BCUT2D eigenvalue weighted by molar-refractivity contribution is 7.99. The number of aromatic nitrogens is 2. The maximum Gasteiger partial charge on any atom is 0.178 e. The van der Waals surface area contributed by atoms with Crippen LogP contribution in [0.5, 0.6) is 0 Å². The topological polar surface area (TPSA) is 20.7 Å². The molecule has 0 aliphatic carbocycles. The number of H-pyrrole nitrogens is 1. The number of fused-ring (bicyclic) bond motifs is 1. The predicted octanol–water partition coefficient (Wildman–Crippen LogP) is 4.37. The fourth-order valence-corrected chi connectivity index (χ4v) is 2.86. The van der Waals surface area contributed by atoms with E-state index >= 15 is 0 Å². The number of aryl methyl sites for hydroxylation is 1. The van der Waals surface area contributed by atoms with Crippen LogP contribution >= 0.6 is 47.2 Å². The predicted molar refractivity (Wildman–Crippen MR) is 83.3 cm³/mol. The van der Waals surface area contributed by atoms with E-state index in [-0.39, 0.29) is 0 Å². The van der Waals surface area contributed by atoms with E-state index in [1.807, 2.05) is 10.6 Å². The Bertz CT molecular complexity index is 667. The van der Waals surface area contributed by atoms with Gasteiger partial charge < -0.3 is 9.55 Å². The van der Waals surface area contributed by atoms with Gasteiger partial charge in [0.1, 0.15) is 0 Å². The molecule has 0 aliphatic heterocycles. The van der Waals surface area contributed by atoms with Crippen molar-refractivity contribution in [2.45, 2.75) is 6.54 Å². The molecule has 0 aliphatic rings. The summed E-state index contributed by atoms with van der Waals surface area (Å²) in [6.45, 7) is 0.795. The molecule has 0 amide bonds. The second kappa shape index (κ2) is 6.03. The Kier molecular flexibility index (Phi) is 4.63. The number of aromatic amines is 1. The van der Waals surface area contributed by atoms with Crippen molar-refractivity contribution in [3.8, 4) is 12.3 Å². The third-order valence-electron chi connectivity index (χ3n) is 2.46. The van der Waals surface area contributed by atoms with E-state index < -0.39 is 0 Å². The summed E-state index contributed by atoms with van der Waals surface area (Å²) in [5.74, 6) is 4.22. The Morgan fingerprint density at radius 1 is 1.39 bits per heavy atom. The second-order valence-corrected chi connectivity index (χ2v) is 5.93. The number of imidazole rings is 1. The zero-order chi connectivity index (χ0) is 13.1. The molecule has 1 aromatic heterocycles. The van der Waals surface area contributed by atoms with Gasteiger partial charge in [-0.2, -0.15) is 0 Å². The molecule has 1 aromatic carbocycles. The lowest BCUT2D eigenvalue weighted by atomic mass is 10.3. The molecule has 0 bridgehead atoms. The lowest BCUT2D eigenvalue weighted by molar-refractivity contribution is 0.784. The molecule has 1 heterocycles. The van der Waals surface area contributed by atoms with Crippen LogP contribution in [0.3, 0.4) is 0 Å². The molecule has 0 fully saturated rings. The number of nitrogens with one attached hydrogen (secondary N) is 1. The van der Waals surface area contributed by atoms with Gasteiger partial charge in [-0.15, -0.1) is 18.2 Å². The summed E-state index contributed by atoms with van der Waals surface area (Å²) < 4.78 is 2.68. The summed E-state index contributed by atoms with van der Waals surface area (Å²) in [5.41, 5.74) is 1.87. The van der Waals surface area contributed by atoms with Crippen LogP contribution in [0, 0.1) is 17.1 Å². The summed E-state index contributed by atoms with van der Waals surface area (Å²) in [5, 5.41) is 1.05. The van der Waals surface area contributed by atoms with Gasteiger partial charge in [-0.3, -0.25) is 0 Å². The summed E-state index contributed by atoms with van der Waals surface area (Å²) in [6.07, 6.45) is 5.21. The summed E-state index contributed by atoms with van der Waals surface area (Å²) in [7, 11) is 0. The van der Waals surface area contributed by atoms with Crippen LogP contribution in [0.25, 0.3) is 11.0 Å². The molecular formula is C12H10Cl2N2S2. The molecule has 0 atom stereocenters. The molecule has 0 saturated heterocycles. The molecule has 0 radical (unpaired) electrons. The molecule has 6 heteroatoms. The molecule has 0 unspecified atom stereocenters. The van der Waals surface area contributed by atoms with Crippen molar-refractivity contribution in [2.24, 2.45) is 0 Å². The standard InChI is InChI=1S/C12H10Cl2N2S2/c1-2-4-18-5-3-16-11-7-9(14)8(13)6-10(11)15-12(16)17/h1,6-7H,3-5H2,(H,15,17). The number of terminal acetylenes is 1. The Balaban J connectivity index is 2.32. The third-order valence-corrected chi connectivity index (χ3v) is 4.35. The fraction of sp³-hybridized carbons (Fsp3) is 0.250. The lowest BCUT2D eigenvalue weighted by Crippen LogP contribution is -2.00. The first kappa shape index (κ1) is 13.8. The third kappa shape index (κ3) is 2.86. The minimum atomic E-state index is 0.522. The molecular weight excluding hydrogens is 307 g/mol. The highest BCUT2D eigenvalue weighted by Gasteiger charge is 2.07. The number of rotatable bonds is 4. The largest absolute Gasteiger partial charge is 0.331 e. The van der Waals surface area contributed by atoms with Gasteiger partial charge in [0.2, 0.25) is 0 Å². The summed E-state index contributed by atoms with van der Waals surface area (Å²) in [4.78, 5) is 3.12. The van der Waals surface area contributed by atoms with Crippen LogP contribution in [0.1, 0.15) is 0 Å². The lowest BCUT2D eigenvalue weighted by Gasteiger charge is -2.04. The van der Waals surface area contributed by atoms with E-state index in [1.165, 1.54) is 0 Å². The average molecular weight is 317 g/mol. The van der Waals surface area contributed by atoms with E-state index in [0.717, 1.165) is 23.3 Å². The van der Waals surface area contributed by atoms with Crippen molar-refractivity contribution in [3.05, 3.63) is 26.9 Å². The molecule has 18 heavy (non-hydrogen) atoms. The maximum atomic E-state index is 6.03. The molecule has 2 aromatic rings. The van der Waals surface area contributed by atoms with Crippen molar-refractivity contribution in [1.29, 1.82) is 0 Å². The smallest absolute Gasteiger partial charge is 0.178 e. The number of nitrogens with zero attached hydrogens (tertiary/aromatic N) is 1. The van der Waals surface area contributed by atoms with E-state index in [1.54, 1.807) is 17.8 Å². The number of halogens is 2. The Morgan fingerprint density at radius 3 is 2.83 bits per heavy atom. The first-order chi connectivity index (χ1) is 8.63. The van der Waals surface area contributed by atoms with Gasteiger partial charge in [0.25, 0.3) is 0 Å². The van der Waals surface area contributed by atoms with Crippen molar-refractivity contribution >= 4 is 58.2 Å². The van der Waals surface area contributed by atoms with Crippen LogP contribution in [0.4, 0.5) is 0 Å². The van der Waals surface area contributed by atoms with Crippen LogP contribution in [0.2, 0.25) is 10.0 Å². The molecule has 0 saturated carbocycles. The van der Waals surface area contributed by atoms with E-state index in [0.29, 0.717) is 20.6 Å². The minimum absolute atomic E-state index is 0.522. The van der Waals surface area contributed by atoms with Crippen LogP contribution in [-0.4, -0.2) is 21.1 Å².